The van der Waals surface area contributed by atoms with Crippen LogP contribution in [0.1, 0.15) is 13.3 Å². The topological polar surface area (TPSA) is 29.5 Å². The predicted molar refractivity (Wildman–Crippen MR) is 35.6 cm³/mol. The summed E-state index contributed by atoms with van der Waals surface area (Å²) < 4.78 is 41.3. The van der Waals surface area contributed by atoms with Crippen LogP contribution in [0.15, 0.2) is 0 Å². The summed E-state index contributed by atoms with van der Waals surface area (Å²) in [7, 11) is 0. The first-order chi connectivity index (χ1) is 5.34. The molecule has 1 rings (SSSR count). The Morgan fingerprint density at radius 2 is 2.08 bits per heavy atom. The Hall–Kier alpha value is -0.290. The fraction of sp³-hybridized carbons (Fsp3) is 1.00. The van der Waals surface area contributed by atoms with E-state index in [1.165, 1.54) is 6.92 Å². The van der Waals surface area contributed by atoms with Crippen molar-refractivity contribution in [2.75, 3.05) is 13.2 Å². The molecule has 1 aliphatic rings. The van der Waals surface area contributed by atoms with Crippen molar-refractivity contribution < 1.29 is 23.0 Å². The van der Waals surface area contributed by atoms with Crippen molar-refractivity contribution in [1.29, 1.82) is 0 Å². The smallest absolute Gasteiger partial charge is 0.389 e. The van der Waals surface area contributed by atoms with Gasteiger partial charge in [-0.05, 0) is 13.3 Å². The number of alkyl halides is 3. The van der Waals surface area contributed by atoms with E-state index in [1.54, 1.807) is 0 Å². The summed E-state index contributed by atoms with van der Waals surface area (Å²) in [5, 5.41) is 9.37. The van der Waals surface area contributed by atoms with E-state index in [-0.39, 0.29) is 13.0 Å². The Balaban J connectivity index is 2.73. The van der Waals surface area contributed by atoms with Crippen LogP contribution in [0.4, 0.5) is 13.2 Å². The molecule has 1 fully saturated rings. The van der Waals surface area contributed by atoms with E-state index in [0.29, 0.717) is 0 Å². The molecule has 0 aromatic carbocycles. The molecule has 2 unspecified atom stereocenters. The van der Waals surface area contributed by atoms with Crippen molar-refractivity contribution in [1.82, 2.24) is 0 Å². The molecule has 0 aromatic heterocycles. The van der Waals surface area contributed by atoms with Crippen LogP contribution in [0.5, 0.6) is 0 Å². The highest BCUT2D eigenvalue weighted by atomic mass is 19.4. The van der Waals surface area contributed by atoms with Crippen molar-refractivity contribution in [2.45, 2.75) is 25.1 Å². The van der Waals surface area contributed by atoms with Gasteiger partial charge in [0.1, 0.15) is 5.92 Å². The van der Waals surface area contributed by atoms with Gasteiger partial charge in [0.2, 0.25) is 0 Å². The van der Waals surface area contributed by atoms with Gasteiger partial charge in [0.25, 0.3) is 0 Å². The largest absolute Gasteiger partial charge is 0.396 e. The second-order valence-electron chi connectivity index (χ2n) is 3.28. The Morgan fingerprint density at radius 1 is 1.50 bits per heavy atom. The maximum Gasteiger partial charge on any atom is 0.396 e. The highest BCUT2D eigenvalue weighted by Gasteiger charge is 2.51. The van der Waals surface area contributed by atoms with Crippen LogP contribution in [-0.4, -0.2) is 30.1 Å². The zero-order chi connectivity index (χ0) is 9.41. The third-order valence-electron chi connectivity index (χ3n) is 2.18. The lowest BCUT2D eigenvalue weighted by atomic mass is 9.85. The maximum absolute atomic E-state index is 12.2. The van der Waals surface area contributed by atoms with E-state index in [0.717, 1.165) is 0 Å². The van der Waals surface area contributed by atoms with E-state index in [4.69, 9.17) is 0 Å². The Morgan fingerprint density at radius 3 is 2.42 bits per heavy atom. The molecule has 0 spiro atoms. The fourth-order valence-electron chi connectivity index (χ4n) is 1.28. The summed E-state index contributed by atoms with van der Waals surface area (Å²) in [5.41, 5.74) is -1.67. The Labute approximate surface area is 68.3 Å². The van der Waals surface area contributed by atoms with Gasteiger partial charge in [0.15, 0.2) is 0 Å². The van der Waals surface area contributed by atoms with Gasteiger partial charge < -0.3 is 9.84 Å². The summed E-state index contributed by atoms with van der Waals surface area (Å²) in [6.45, 7) is 0.962. The van der Waals surface area contributed by atoms with Crippen molar-refractivity contribution in [3.63, 3.8) is 0 Å². The molecule has 72 valence electrons. The maximum atomic E-state index is 12.2. The summed E-state index contributed by atoms with van der Waals surface area (Å²) in [5.74, 6) is -1.75. The van der Waals surface area contributed by atoms with Crippen LogP contribution >= 0.6 is 0 Å². The van der Waals surface area contributed by atoms with Crippen LogP contribution in [-0.2, 0) is 4.74 Å². The van der Waals surface area contributed by atoms with Crippen molar-refractivity contribution >= 4 is 0 Å². The van der Waals surface area contributed by atoms with Crippen LogP contribution in [0, 0.1) is 5.92 Å². The second kappa shape index (κ2) is 2.88. The average Bonchev–Trinajstić information content (AvgIpc) is 1.83. The van der Waals surface area contributed by atoms with Crippen LogP contribution in [0.25, 0.3) is 0 Å². The van der Waals surface area contributed by atoms with E-state index in [2.05, 4.69) is 4.74 Å². The number of hydrogen-bond donors (Lipinski definition) is 1. The molecule has 0 saturated carbocycles. The van der Waals surface area contributed by atoms with Crippen LogP contribution in [0.2, 0.25) is 0 Å². The quantitative estimate of drug-likeness (QED) is 0.615. The van der Waals surface area contributed by atoms with Gasteiger partial charge in [0.05, 0.1) is 12.2 Å². The van der Waals surface area contributed by atoms with E-state index < -0.39 is 24.3 Å². The van der Waals surface area contributed by atoms with E-state index >= 15 is 0 Å². The molecule has 0 aromatic rings. The summed E-state index contributed by atoms with van der Waals surface area (Å²) >= 11 is 0. The molecule has 0 radical (unpaired) electrons. The van der Waals surface area contributed by atoms with Crippen LogP contribution < -0.4 is 0 Å². The lowest BCUT2D eigenvalue weighted by molar-refractivity contribution is -0.254. The standard InChI is InChI=1S/C7H11F3O2/c1-6(11)2-3-12-4-5(6)7(8,9)10/h5,11H,2-4H2,1H3. The summed E-state index contributed by atoms with van der Waals surface area (Å²) in [6, 6.07) is 0. The first-order valence-corrected chi connectivity index (χ1v) is 3.71. The second-order valence-corrected chi connectivity index (χ2v) is 3.28. The van der Waals surface area contributed by atoms with Gasteiger partial charge >= 0.3 is 6.18 Å². The molecule has 2 atom stereocenters. The monoisotopic (exact) mass is 184 g/mol. The summed E-state index contributed by atoms with van der Waals surface area (Å²) in [4.78, 5) is 0. The molecule has 1 aliphatic heterocycles. The molecule has 1 heterocycles. The molecule has 2 nitrogen and oxygen atoms in total. The number of hydrogen-bond acceptors (Lipinski definition) is 2. The summed E-state index contributed by atoms with van der Waals surface area (Å²) in [6.07, 6.45) is -4.33. The Bertz CT molecular complexity index is 165. The molecule has 0 amide bonds. The van der Waals surface area contributed by atoms with E-state index in [1.807, 2.05) is 0 Å². The molecule has 0 bridgehead atoms. The lowest BCUT2D eigenvalue weighted by Gasteiger charge is -2.37. The SMILES string of the molecule is CC1(O)CCOCC1C(F)(F)F. The molecule has 1 saturated heterocycles. The van der Waals surface area contributed by atoms with Crippen molar-refractivity contribution in [3.8, 4) is 0 Å². The number of halogens is 3. The lowest BCUT2D eigenvalue weighted by Crippen LogP contribution is -2.50. The molecule has 5 heteroatoms. The molecule has 1 N–H and O–H groups in total. The minimum atomic E-state index is -4.37. The molecule has 0 aliphatic carbocycles. The molecular formula is C7H11F3O2. The van der Waals surface area contributed by atoms with Crippen molar-refractivity contribution in [3.05, 3.63) is 0 Å². The van der Waals surface area contributed by atoms with Crippen molar-refractivity contribution in [2.24, 2.45) is 5.92 Å². The van der Waals surface area contributed by atoms with Gasteiger partial charge in [-0.1, -0.05) is 0 Å². The zero-order valence-electron chi connectivity index (χ0n) is 6.69. The number of ether oxygens (including phenoxy) is 1. The number of aliphatic hydroxyl groups is 1. The third-order valence-corrected chi connectivity index (χ3v) is 2.18. The first-order valence-electron chi connectivity index (χ1n) is 3.71. The normalized spacial score (nSPS) is 38.2. The number of rotatable bonds is 0. The van der Waals surface area contributed by atoms with Crippen LogP contribution in [0.3, 0.4) is 0 Å². The fourth-order valence-corrected chi connectivity index (χ4v) is 1.28. The van der Waals surface area contributed by atoms with Gasteiger partial charge in [-0.15, -0.1) is 0 Å². The van der Waals surface area contributed by atoms with Gasteiger partial charge in [0, 0.05) is 6.61 Å². The highest BCUT2D eigenvalue weighted by Crippen LogP contribution is 2.38. The zero-order valence-corrected chi connectivity index (χ0v) is 6.69. The van der Waals surface area contributed by atoms with E-state index in [9.17, 15) is 18.3 Å². The Kier molecular flexibility index (Phi) is 2.35. The third kappa shape index (κ3) is 1.90. The molecular weight excluding hydrogens is 173 g/mol. The van der Waals surface area contributed by atoms with Gasteiger partial charge in [-0.3, -0.25) is 0 Å². The van der Waals surface area contributed by atoms with Gasteiger partial charge in [-0.25, -0.2) is 0 Å². The minimum absolute atomic E-state index is 0.0389. The minimum Gasteiger partial charge on any atom is -0.389 e. The van der Waals surface area contributed by atoms with Gasteiger partial charge in [-0.2, -0.15) is 13.2 Å². The first kappa shape index (κ1) is 9.80. The predicted octanol–water partition coefficient (Wildman–Crippen LogP) is 1.34. The highest BCUT2D eigenvalue weighted by molar-refractivity contribution is 4.89. The average molecular weight is 184 g/mol. The molecule has 12 heavy (non-hydrogen) atoms.